The molecular formula is C16H25NO7. The molecule has 0 saturated carbocycles. The predicted molar refractivity (Wildman–Crippen MR) is 82.5 cm³/mol. The lowest BCUT2D eigenvalue weighted by Gasteiger charge is -2.28. The number of hydrogen-bond donors (Lipinski definition) is 1. The molecule has 1 saturated heterocycles. The van der Waals surface area contributed by atoms with Crippen LogP contribution in [0.2, 0.25) is 0 Å². The Labute approximate surface area is 141 Å². The summed E-state index contributed by atoms with van der Waals surface area (Å²) < 4.78 is 5.66. The first-order valence-corrected chi connectivity index (χ1v) is 7.88. The largest absolute Gasteiger partial charge is 0.481 e. The van der Waals surface area contributed by atoms with E-state index in [4.69, 9.17) is 14.7 Å². The Morgan fingerprint density at radius 2 is 1.62 bits per heavy atom. The first kappa shape index (κ1) is 20.1. The van der Waals surface area contributed by atoms with Crippen LogP contribution in [0.1, 0.15) is 59.8 Å². The summed E-state index contributed by atoms with van der Waals surface area (Å²) in [5, 5.41) is 9.24. The van der Waals surface area contributed by atoms with Crippen LogP contribution in [-0.2, 0) is 28.8 Å². The molecule has 0 aromatic rings. The predicted octanol–water partition coefficient (Wildman–Crippen LogP) is 1.67. The smallest absolute Gasteiger partial charge is 0.338 e. The Kier molecular flexibility index (Phi) is 6.48. The van der Waals surface area contributed by atoms with Crippen LogP contribution in [0.25, 0.3) is 0 Å². The van der Waals surface area contributed by atoms with Crippen LogP contribution >= 0.6 is 0 Å². The van der Waals surface area contributed by atoms with Gasteiger partial charge in [-0.25, -0.2) is 4.79 Å². The minimum Gasteiger partial charge on any atom is -0.481 e. The van der Waals surface area contributed by atoms with Gasteiger partial charge in [0.05, 0.1) is 11.0 Å². The van der Waals surface area contributed by atoms with E-state index >= 15 is 0 Å². The van der Waals surface area contributed by atoms with Crippen molar-refractivity contribution in [3.8, 4) is 0 Å². The number of aliphatic carboxylic acids is 1. The molecule has 1 N–H and O–H groups in total. The van der Waals surface area contributed by atoms with E-state index in [0.29, 0.717) is 17.9 Å². The van der Waals surface area contributed by atoms with E-state index in [0.717, 1.165) is 0 Å². The average Bonchev–Trinajstić information content (AvgIpc) is 2.76. The summed E-state index contributed by atoms with van der Waals surface area (Å²) in [7, 11) is 0. The van der Waals surface area contributed by atoms with E-state index in [1.165, 1.54) is 0 Å². The van der Waals surface area contributed by atoms with Crippen LogP contribution in [0.15, 0.2) is 0 Å². The fourth-order valence-electron chi connectivity index (χ4n) is 2.03. The van der Waals surface area contributed by atoms with E-state index in [1.54, 1.807) is 27.7 Å². The highest BCUT2D eigenvalue weighted by molar-refractivity contribution is 6.01. The maximum atomic E-state index is 12.2. The number of rotatable bonds is 9. The highest BCUT2D eigenvalue weighted by atomic mass is 16.7. The van der Waals surface area contributed by atoms with Crippen molar-refractivity contribution in [1.82, 2.24) is 5.06 Å². The molecule has 136 valence electrons. The van der Waals surface area contributed by atoms with Gasteiger partial charge in [-0.2, -0.15) is 0 Å². The molecule has 0 radical (unpaired) electrons. The zero-order chi connectivity index (χ0) is 18.5. The van der Waals surface area contributed by atoms with Gasteiger partial charge in [0.1, 0.15) is 0 Å². The summed E-state index contributed by atoms with van der Waals surface area (Å²) in [5.41, 5.74) is -1.58. The quantitative estimate of drug-likeness (QED) is 0.634. The van der Waals surface area contributed by atoms with Gasteiger partial charge in [-0.3, -0.25) is 14.4 Å². The third kappa shape index (κ3) is 5.92. The lowest BCUT2D eigenvalue weighted by atomic mass is 9.90. The Hall–Kier alpha value is -1.96. The second-order valence-electron chi connectivity index (χ2n) is 7.10. The normalized spacial score (nSPS) is 15.8. The fourth-order valence-corrected chi connectivity index (χ4v) is 2.03. The zero-order valence-corrected chi connectivity index (χ0v) is 14.6. The molecule has 8 heteroatoms. The lowest BCUT2D eigenvalue weighted by Crippen LogP contribution is -2.38. The number of nitrogens with zero attached hydrogens (tertiary/aromatic N) is 1. The molecule has 0 spiro atoms. The molecule has 0 atom stereocenters. The van der Waals surface area contributed by atoms with Crippen LogP contribution in [0, 0.1) is 5.41 Å². The van der Waals surface area contributed by atoms with Gasteiger partial charge in [0.15, 0.2) is 0 Å². The molecule has 1 rings (SSSR count). The highest BCUT2D eigenvalue weighted by Crippen LogP contribution is 2.26. The summed E-state index contributed by atoms with van der Waals surface area (Å²) in [5.74, 6) is -2.61. The monoisotopic (exact) mass is 343 g/mol. The highest BCUT2D eigenvalue weighted by Gasteiger charge is 2.38. The van der Waals surface area contributed by atoms with Gasteiger partial charge < -0.3 is 14.7 Å². The van der Waals surface area contributed by atoms with Gasteiger partial charge in [0.25, 0.3) is 11.8 Å². The standard InChI is InChI=1S/C16H25NO7/c1-15(2,9-10-23-16(3,4)8-7-13(20)21)14(22)24-17-11(18)5-6-12(17)19/h5-10H2,1-4H3,(H,20,21). The lowest BCUT2D eigenvalue weighted by molar-refractivity contribution is -0.205. The molecule has 0 aromatic heterocycles. The molecule has 0 bridgehead atoms. The summed E-state index contributed by atoms with van der Waals surface area (Å²) in [4.78, 5) is 50.7. The van der Waals surface area contributed by atoms with Crippen molar-refractivity contribution in [2.75, 3.05) is 6.61 Å². The first-order chi connectivity index (χ1) is 10.9. The van der Waals surface area contributed by atoms with Gasteiger partial charge >= 0.3 is 11.9 Å². The van der Waals surface area contributed by atoms with Crippen LogP contribution in [0.3, 0.4) is 0 Å². The maximum absolute atomic E-state index is 12.2. The molecular weight excluding hydrogens is 318 g/mol. The second-order valence-corrected chi connectivity index (χ2v) is 7.10. The van der Waals surface area contributed by atoms with Crippen molar-refractivity contribution in [3.63, 3.8) is 0 Å². The number of imide groups is 1. The number of amides is 2. The minimum absolute atomic E-state index is 0.00236. The van der Waals surface area contributed by atoms with E-state index in [2.05, 4.69) is 0 Å². The van der Waals surface area contributed by atoms with E-state index < -0.39 is 34.8 Å². The Bertz CT molecular complexity index is 509. The Balaban J connectivity index is 2.47. The Morgan fingerprint density at radius 1 is 1.08 bits per heavy atom. The number of hydrogen-bond acceptors (Lipinski definition) is 6. The summed E-state index contributed by atoms with van der Waals surface area (Å²) >= 11 is 0. The van der Waals surface area contributed by atoms with Gasteiger partial charge in [-0.05, 0) is 40.5 Å². The number of carbonyl (C=O) groups excluding carboxylic acids is 3. The molecule has 2 amide bonds. The first-order valence-electron chi connectivity index (χ1n) is 7.88. The molecule has 1 aliphatic rings. The molecule has 1 aliphatic heterocycles. The number of ether oxygens (including phenoxy) is 1. The number of carboxylic acids is 1. The molecule has 1 heterocycles. The minimum atomic E-state index is -0.952. The van der Waals surface area contributed by atoms with Crippen molar-refractivity contribution in [2.24, 2.45) is 5.41 Å². The van der Waals surface area contributed by atoms with Crippen molar-refractivity contribution >= 4 is 23.8 Å². The Morgan fingerprint density at radius 3 is 2.12 bits per heavy atom. The molecule has 1 fully saturated rings. The molecule has 0 unspecified atom stereocenters. The topological polar surface area (TPSA) is 110 Å². The molecule has 24 heavy (non-hydrogen) atoms. The van der Waals surface area contributed by atoms with Crippen LogP contribution in [-0.4, -0.2) is 46.1 Å². The zero-order valence-electron chi connectivity index (χ0n) is 14.6. The molecule has 0 aliphatic carbocycles. The van der Waals surface area contributed by atoms with Crippen molar-refractivity contribution in [3.05, 3.63) is 0 Å². The average molecular weight is 343 g/mol. The maximum Gasteiger partial charge on any atom is 0.338 e. The third-order valence-corrected chi connectivity index (χ3v) is 3.89. The summed E-state index contributed by atoms with van der Waals surface area (Å²) in [6, 6.07) is 0. The van der Waals surface area contributed by atoms with E-state index in [1.807, 2.05) is 0 Å². The van der Waals surface area contributed by atoms with Crippen molar-refractivity contribution in [2.45, 2.75) is 65.4 Å². The van der Waals surface area contributed by atoms with Gasteiger partial charge in [0, 0.05) is 25.9 Å². The summed E-state index contributed by atoms with van der Waals surface area (Å²) in [6.07, 6.45) is 0.751. The number of carboxylic acid groups (broad SMARTS) is 1. The number of carbonyl (C=O) groups is 4. The van der Waals surface area contributed by atoms with Gasteiger partial charge in [-0.1, -0.05) is 0 Å². The third-order valence-electron chi connectivity index (χ3n) is 3.89. The molecule has 0 aromatic carbocycles. The van der Waals surface area contributed by atoms with Crippen molar-refractivity contribution < 1.29 is 33.9 Å². The van der Waals surface area contributed by atoms with E-state index in [-0.39, 0.29) is 25.9 Å². The van der Waals surface area contributed by atoms with Crippen LogP contribution in [0.4, 0.5) is 0 Å². The van der Waals surface area contributed by atoms with Crippen LogP contribution in [0.5, 0.6) is 0 Å². The number of hydroxylamine groups is 2. The SMILES string of the molecule is CC(C)(CCC(=O)O)OCCC(C)(C)C(=O)ON1C(=O)CCC1=O. The summed E-state index contributed by atoms with van der Waals surface area (Å²) in [6.45, 7) is 7.05. The van der Waals surface area contributed by atoms with E-state index in [9.17, 15) is 19.2 Å². The van der Waals surface area contributed by atoms with Gasteiger partial charge in [-0.15, -0.1) is 5.06 Å². The fraction of sp³-hybridized carbons (Fsp3) is 0.750. The van der Waals surface area contributed by atoms with Crippen LogP contribution < -0.4 is 0 Å². The van der Waals surface area contributed by atoms with Gasteiger partial charge in [0.2, 0.25) is 0 Å². The second kappa shape index (κ2) is 7.74. The molecule has 8 nitrogen and oxygen atoms in total. The van der Waals surface area contributed by atoms with Crippen molar-refractivity contribution in [1.29, 1.82) is 0 Å².